The molecule has 0 N–H and O–H groups in total. The molecule has 1 heterocycles. The maximum Gasteiger partial charge on any atom is 0.183 e. The van der Waals surface area contributed by atoms with Crippen LogP contribution in [0.5, 0.6) is 0 Å². The van der Waals surface area contributed by atoms with E-state index in [1.807, 2.05) is 13.3 Å². The maximum absolute atomic E-state index is 5.94. The van der Waals surface area contributed by atoms with Crippen molar-refractivity contribution in [1.29, 1.82) is 0 Å². The third kappa shape index (κ3) is 4.96. The van der Waals surface area contributed by atoms with E-state index < -0.39 is 0 Å². The van der Waals surface area contributed by atoms with E-state index >= 15 is 0 Å². The van der Waals surface area contributed by atoms with Gasteiger partial charge in [0, 0.05) is 23.2 Å². The van der Waals surface area contributed by atoms with Crippen molar-refractivity contribution in [3.05, 3.63) is 35.4 Å². The summed E-state index contributed by atoms with van der Waals surface area (Å²) in [5.41, 5.74) is 2.11. The second-order valence-electron chi connectivity index (χ2n) is 5.35. The lowest BCUT2D eigenvalue weighted by Crippen LogP contribution is -2.45. The Morgan fingerprint density at radius 3 is 2.05 bits per heavy atom. The quantitative estimate of drug-likeness (QED) is 0.717. The molecule has 1 aliphatic rings. The lowest BCUT2D eigenvalue weighted by Gasteiger charge is -2.39. The maximum atomic E-state index is 5.94. The molecule has 0 saturated carbocycles. The van der Waals surface area contributed by atoms with Gasteiger partial charge in [-0.15, -0.1) is 0 Å². The van der Waals surface area contributed by atoms with Gasteiger partial charge in [-0.3, -0.25) is 0 Å². The average molecular weight is 330 g/mol. The van der Waals surface area contributed by atoms with Crippen LogP contribution in [0.4, 0.5) is 0 Å². The van der Waals surface area contributed by atoms with Crippen LogP contribution in [0, 0.1) is 12.3 Å². The van der Waals surface area contributed by atoms with E-state index in [9.17, 15) is 0 Å². The van der Waals surface area contributed by atoms with Crippen LogP contribution in [-0.2, 0) is 18.5 Å². The number of hydrogen-bond acceptors (Lipinski definition) is 4. The Labute approximate surface area is 130 Å². The van der Waals surface area contributed by atoms with E-state index in [0.29, 0.717) is 44.0 Å². The highest BCUT2D eigenvalue weighted by atomic mass is 31.1. The third-order valence-corrected chi connectivity index (χ3v) is 4.34. The summed E-state index contributed by atoms with van der Waals surface area (Å²) in [6, 6.07) is 8.26. The van der Waals surface area contributed by atoms with Gasteiger partial charge in [-0.2, -0.15) is 0 Å². The van der Waals surface area contributed by atoms with Crippen molar-refractivity contribution < 1.29 is 18.5 Å². The van der Waals surface area contributed by atoms with E-state index in [4.69, 9.17) is 18.5 Å². The summed E-state index contributed by atoms with van der Waals surface area (Å²) in [4.78, 5) is 0. The zero-order valence-corrected chi connectivity index (χ0v) is 14.8. The molecule has 2 unspecified atom stereocenters. The molecule has 0 spiro atoms. The molecule has 0 radical (unpaired) electrons. The zero-order valence-electron chi connectivity index (χ0n) is 12.8. The minimum absolute atomic E-state index is 0.187. The Kier molecular flexibility index (Phi) is 7.01. The van der Waals surface area contributed by atoms with Gasteiger partial charge in [0.15, 0.2) is 6.29 Å². The fraction of sp³-hybridized carbons (Fsp3) is 0.600. The Morgan fingerprint density at radius 2 is 1.57 bits per heavy atom. The smallest absolute Gasteiger partial charge is 0.183 e. The van der Waals surface area contributed by atoms with Crippen LogP contribution < -0.4 is 0 Å². The van der Waals surface area contributed by atoms with Crippen molar-refractivity contribution in [2.75, 3.05) is 39.8 Å². The highest BCUT2D eigenvalue weighted by molar-refractivity contribution is 7.31. The second-order valence-corrected chi connectivity index (χ2v) is 6.74. The third-order valence-electron chi connectivity index (χ3n) is 3.48. The summed E-state index contributed by atoms with van der Waals surface area (Å²) in [5, 5.41) is 0. The van der Waals surface area contributed by atoms with Crippen molar-refractivity contribution in [2.45, 2.75) is 13.2 Å². The molecule has 4 nitrogen and oxygen atoms in total. The normalized spacial score (nSPS) is 27.1. The molecule has 118 valence electrons. The van der Waals surface area contributed by atoms with Crippen LogP contribution in [0.3, 0.4) is 0 Å². The van der Waals surface area contributed by atoms with Crippen molar-refractivity contribution in [3.63, 3.8) is 0 Å². The Bertz CT molecular complexity index is 406. The molecule has 0 aliphatic carbocycles. The lowest BCUT2D eigenvalue weighted by molar-refractivity contribution is -0.244. The minimum atomic E-state index is -0.285. The van der Waals surface area contributed by atoms with Crippen molar-refractivity contribution in [3.8, 4) is 0 Å². The van der Waals surface area contributed by atoms with Crippen LogP contribution in [0.25, 0.3) is 0 Å². The van der Waals surface area contributed by atoms with Crippen LogP contribution in [0.1, 0.15) is 17.4 Å². The summed E-state index contributed by atoms with van der Waals surface area (Å²) in [6.07, 6.45) is -0.285. The molecule has 2 atom stereocenters. The first-order valence-corrected chi connectivity index (χ1v) is 9.88. The predicted octanol–water partition coefficient (Wildman–Crippen LogP) is 3.51. The van der Waals surface area contributed by atoms with Gasteiger partial charge in [-0.1, -0.05) is 29.8 Å². The predicted molar refractivity (Wildman–Crippen MR) is 88.6 cm³/mol. The Hall–Kier alpha value is -0.0800. The van der Waals surface area contributed by atoms with E-state index in [1.54, 1.807) is 0 Å². The fourth-order valence-corrected chi connectivity index (χ4v) is 3.07. The average Bonchev–Trinajstić information content (AvgIpc) is 2.53. The molecule has 0 aromatic heterocycles. The monoisotopic (exact) mass is 330 g/mol. The number of aryl methyl sites for hydroxylation is 1. The van der Waals surface area contributed by atoms with Crippen molar-refractivity contribution in [2.24, 2.45) is 5.41 Å². The van der Waals surface area contributed by atoms with Gasteiger partial charge in [0.2, 0.25) is 0 Å². The highest BCUT2D eigenvalue weighted by Gasteiger charge is 2.38. The van der Waals surface area contributed by atoms with Gasteiger partial charge in [-0.05, 0) is 20.3 Å². The summed E-state index contributed by atoms with van der Waals surface area (Å²) in [5.74, 6) is 0. The summed E-state index contributed by atoms with van der Waals surface area (Å²) < 4.78 is 23.1. The van der Waals surface area contributed by atoms with Gasteiger partial charge in [0.1, 0.15) is 0 Å². The van der Waals surface area contributed by atoms with Gasteiger partial charge in [-0.25, -0.2) is 0 Å². The molecule has 21 heavy (non-hydrogen) atoms. The minimum Gasteiger partial charge on any atom is -0.362 e. The molecule has 1 aromatic rings. The van der Waals surface area contributed by atoms with Crippen LogP contribution in [0.15, 0.2) is 24.3 Å². The first-order valence-electron chi connectivity index (χ1n) is 7.06. The molecular formula is C15H24O4P2. The number of benzene rings is 1. The first kappa shape index (κ1) is 17.3. The topological polar surface area (TPSA) is 36.9 Å². The summed E-state index contributed by atoms with van der Waals surface area (Å²) >= 11 is 0. The van der Waals surface area contributed by atoms with Gasteiger partial charge in [0.05, 0.1) is 31.8 Å². The molecule has 1 aromatic carbocycles. The van der Waals surface area contributed by atoms with E-state index in [1.165, 1.54) is 5.56 Å². The lowest BCUT2D eigenvalue weighted by atomic mass is 9.91. The Morgan fingerprint density at radius 1 is 1.05 bits per heavy atom. The molecule has 6 heteroatoms. The molecule has 1 saturated heterocycles. The highest BCUT2D eigenvalue weighted by Crippen LogP contribution is 2.34. The van der Waals surface area contributed by atoms with Crippen LogP contribution in [-0.4, -0.2) is 39.8 Å². The molecule has 2 rings (SSSR count). The molecule has 0 amide bonds. The van der Waals surface area contributed by atoms with Crippen molar-refractivity contribution >= 4 is 17.6 Å². The molecule has 1 fully saturated rings. The largest absolute Gasteiger partial charge is 0.362 e. The number of hydrogen-bond donors (Lipinski definition) is 0. The van der Waals surface area contributed by atoms with E-state index in [0.717, 1.165) is 5.56 Å². The molecular weight excluding hydrogens is 306 g/mol. The number of rotatable bonds is 7. The van der Waals surface area contributed by atoms with E-state index in [2.05, 4.69) is 31.2 Å². The SMILES string of the molecule is CPOCC1(COPC)COC(c2ccc(C)cc2)OC1. The van der Waals surface area contributed by atoms with Crippen molar-refractivity contribution in [1.82, 2.24) is 0 Å². The van der Waals surface area contributed by atoms with Crippen LogP contribution in [0.2, 0.25) is 0 Å². The van der Waals surface area contributed by atoms with Crippen LogP contribution >= 0.6 is 17.6 Å². The summed E-state index contributed by atoms with van der Waals surface area (Å²) in [7, 11) is 0.938. The van der Waals surface area contributed by atoms with Gasteiger partial charge >= 0.3 is 0 Å². The number of ether oxygens (including phenoxy) is 2. The van der Waals surface area contributed by atoms with Gasteiger partial charge < -0.3 is 18.5 Å². The summed E-state index contributed by atoms with van der Waals surface area (Å²) in [6.45, 7) is 8.55. The fourth-order valence-electron chi connectivity index (χ4n) is 2.17. The molecule has 1 aliphatic heterocycles. The Balaban J connectivity index is 1.96. The first-order chi connectivity index (χ1) is 10.2. The molecule has 0 bridgehead atoms. The van der Waals surface area contributed by atoms with E-state index in [-0.39, 0.29) is 11.7 Å². The second kappa shape index (κ2) is 8.53. The standard InChI is InChI=1S/C15H24O4P2/c1-12-4-6-13(7-5-12)14-16-8-15(9-17-14,10-18-20-2)11-19-21-3/h4-7,14,20-21H,8-11H2,1-3H3. The van der Waals surface area contributed by atoms with Gasteiger partial charge in [0.25, 0.3) is 0 Å². The zero-order chi connectivity index (χ0) is 15.1.